The minimum Gasteiger partial charge on any atom is -0.390 e. The van der Waals surface area contributed by atoms with E-state index in [0.717, 1.165) is 18.7 Å². The lowest BCUT2D eigenvalue weighted by Gasteiger charge is -2.29. The van der Waals surface area contributed by atoms with Gasteiger partial charge in [0.2, 0.25) is 0 Å². The summed E-state index contributed by atoms with van der Waals surface area (Å²) in [6, 6.07) is 13.2. The molecule has 5 heteroatoms. The zero-order valence-electron chi connectivity index (χ0n) is 15.0. The molecule has 0 fully saturated rings. The number of nitrogens with zero attached hydrogens (tertiary/aromatic N) is 2. The van der Waals surface area contributed by atoms with E-state index in [9.17, 15) is 13.9 Å². The molecule has 0 aliphatic carbocycles. The highest BCUT2D eigenvalue weighted by Gasteiger charge is 2.19. The van der Waals surface area contributed by atoms with Gasteiger partial charge in [-0.15, -0.1) is 0 Å². The van der Waals surface area contributed by atoms with Gasteiger partial charge in [-0.1, -0.05) is 30.3 Å². The molecular weight excluding hydrogens is 322 g/mol. The molecule has 0 amide bonds. The molecular formula is C20H26F2N2O. The third kappa shape index (κ3) is 5.88. The molecule has 2 atom stereocenters. The molecule has 0 heterocycles. The van der Waals surface area contributed by atoms with Crippen molar-refractivity contribution >= 4 is 0 Å². The lowest BCUT2D eigenvalue weighted by atomic mass is 10.1. The summed E-state index contributed by atoms with van der Waals surface area (Å²) < 4.78 is 27.3. The van der Waals surface area contributed by atoms with Gasteiger partial charge >= 0.3 is 0 Å². The SMILES string of the molecule is CC(c1cc(F)ccc1F)N(C)CC(O)CN(C)Cc1ccccc1. The summed E-state index contributed by atoms with van der Waals surface area (Å²) in [4.78, 5) is 3.88. The third-order valence-electron chi connectivity index (χ3n) is 4.39. The Morgan fingerprint density at radius 2 is 1.68 bits per heavy atom. The normalized spacial score (nSPS) is 14.1. The number of rotatable bonds is 8. The quantitative estimate of drug-likeness (QED) is 0.792. The predicted octanol–water partition coefficient (Wildman–Crippen LogP) is 3.45. The van der Waals surface area contributed by atoms with E-state index in [0.29, 0.717) is 18.7 Å². The molecule has 0 aliphatic rings. The Bertz CT molecular complexity index is 666. The zero-order valence-corrected chi connectivity index (χ0v) is 15.0. The Morgan fingerprint density at radius 3 is 2.36 bits per heavy atom. The lowest BCUT2D eigenvalue weighted by Crippen LogP contribution is -2.38. The van der Waals surface area contributed by atoms with E-state index < -0.39 is 17.7 Å². The number of aliphatic hydroxyl groups is 1. The van der Waals surface area contributed by atoms with E-state index >= 15 is 0 Å². The average molecular weight is 348 g/mol. The standard InChI is InChI=1S/C20H26F2N2O/c1-15(19-11-17(21)9-10-20(19)22)24(3)14-18(25)13-23(2)12-16-7-5-4-6-8-16/h4-11,15,18,25H,12-14H2,1-3H3. The van der Waals surface area contributed by atoms with Crippen LogP contribution >= 0.6 is 0 Å². The van der Waals surface area contributed by atoms with Crippen LogP contribution in [0.15, 0.2) is 48.5 Å². The van der Waals surface area contributed by atoms with Crippen molar-refractivity contribution in [3.05, 3.63) is 71.3 Å². The van der Waals surface area contributed by atoms with Crippen molar-refractivity contribution in [2.45, 2.75) is 25.6 Å². The smallest absolute Gasteiger partial charge is 0.128 e. The minimum absolute atomic E-state index is 0.298. The monoisotopic (exact) mass is 348 g/mol. The Hall–Kier alpha value is -1.82. The fourth-order valence-electron chi connectivity index (χ4n) is 2.94. The largest absolute Gasteiger partial charge is 0.390 e. The summed E-state index contributed by atoms with van der Waals surface area (Å²) in [7, 11) is 3.75. The van der Waals surface area contributed by atoms with Gasteiger partial charge < -0.3 is 5.11 Å². The maximum atomic E-state index is 13.9. The molecule has 2 unspecified atom stereocenters. The summed E-state index contributed by atoms with van der Waals surface area (Å²) >= 11 is 0. The van der Waals surface area contributed by atoms with Crippen LogP contribution in [0.1, 0.15) is 24.1 Å². The molecule has 1 N–H and O–H groups in total. The van der Waals surface area contributed by atoms with E-state index in [1.54, 1.807) is 14.0 Å². The molecule has 2 aromatic rings. The van der Waals surface area contributed by atoms with Gasteiger partial charge in [0.05, 0.1) is 6.10 Å². The first-order valence-electron chi connectivity index (χ1n) is 8.42. The van der Waals surface area contributed by atoms with Crippen LogP contribution in [0, 0.1) is 11.6 Å². The van der Waals surface area contributed by atoms with Gasteiger partial charge in [0.25, 0.3) is 0 Å². The molecule has 0 spiro atoms. The van der Waals surface area contributed by atoms with E-state index in [2.05, 4.69) is 0 Å². The molecule has 25 heavy (non-hydrogen) atoms. The molecule has 0 aliphatic heterocycles. The second-order valence-electron chi connectivity index (χ2n) is 6.62. The predicted molar refractivity (Wildman–Crippen MR) is 96.2 cm³/mol. The third-order valence-corrected chi connectivity index (χ3v) is 4.39. The summed E-state index contributed by atoms with van der Waals surface area (Å²) in [5, 5.41) is 10.3. The fraction of sp³-hybridized carbons (Fsp3) is 0.400. The minimum atomic E-state index is -0.585. The second kappa shape index (κ2) is 9.04. The van der Waals surface area contributed by atoms with E-state index in [-0.39, 0.29) is 6.04 Å². The number of hydrogen-bond donors (Lipinski definition) is 1. The molecule has 0 saturated carbocycles. The van der Waals surface area contributed by atoms with Crippen LogP contribution in [0.2, 0.25) is 0 Å². The van der Waals surface area contributed by atoms with Crippen LogP contribution in [0.25, 0.3) is 0 Å². The van der Waals surface area contributed by atoms with Gasteiger partial charge in [0.15, 0.2) is 0 Å². The number of hydrogen-bond acceptors (Lipinski definition) is 3. The van der Waals surface area contributed by atoms with Crippen LogP contribution in [0.3, 0.4) is 0 Å². The van der Waals surface area contributed by atoms with Crippen molar-refractivity contribution in [3.63, 3.8) is 0 Å². The number of halogens is 2. The number of benzene rings is 2. The number of likely N-dealkylation sites (N-methyl/N-ethyl adjacent to an activating group) is 2. The summed E-state index contributed by atoms with van der Waals surface area (Å²) in [5.41, 5.74) is 1.48. The van der Waals surface area contributed by atoms with Crippen molar-refractivity contribution in [2.24, 2.45) is 0 Å². The van der Waals surface area contributed by atoms with E-state index in [1.165, 1.54) is 11.6 Å². The van der Waals surface area contributed by atoms with Crippen molar-refractivity contribution in [1.29, 1.82) is 0 Å². The molecule has 0 radical (unpaired) electrons. The van der Waals surface area contributed by atoms with Gasteiger partial charge in [-0.3, -0.25) is 9.80 Å². The van der Waals surface area contributed by atoms with E-state index in [4.69, 9.17) is 0 Å². The van der Waals surface area contributed by atoms with Gasteiger partial charge in [-0.05, 0) is 44.8 Å². The maximum Gasteiger partial charge on any atom is 0.128 e. The number of aliphatic hydroxyl groups excluding tert-OH is 1. The molecule has 2 aromatic carbocycles. The topological polar surface area (TPSA) is 26.7 Å². The molecule has 0 aromatic heterocycles. The molecule has 2 rings (SSSR count). The molecule has 0 bridgehead atoms. The average Bonchev–Trinajstić information content (AvgIpc) is 2.57. The highest BCUT2D eigenvalue weighted by Crippen LogP contribution is 2.23. The Kier molecular flexibility index (Phi) is 7.05. The highest BCUT2D eigenvalue weighted by atomic mass is 19.1. The van der Waals surface area contributed by atoms with Crippen LogP contribution in [-0.2, 0) is 6.54 Å². The first-order valence-corrected chi connectivity index (χ1v) is 8.42. The van der Waals surface area contributed by atoms with E-state index in [1.807, 2.05) is 47.2 Å². The lowest BCUT2D eigenvalue weighted by molar-refractivity contribution is 0.0761. The van der Waals surface area contributed by atoms with Gasteiger partial charge in [0.1, 0.15) is 11.6 Å². The van der Waals surface area contributed by atoms with Gasteiger partial charge in [-0.2, -0.15) is 0 Å². The Labute approximate surface area is 148 Å². The van der Waals surface area contributed by atoms with Crippen LogP contribution in [0.4, 0.5) is 8.78 Å². The van der Waals surface area contributed by atoms with Gasteiger partial charge in [0, 0.05) is 31.2 Å². The van der Waals surface area contributed by atoms with Crippen molar-refractivity contribution < 1.29 is 13.9 Å². The summed E-state index contributed by atoms with van der Waals surface area (Å²) in [6.45, 7) is 3.42. The summed E-state index contributed by atoms with van der Waals surface area (Å²) in [5.74, 6) is -0.892. The summed E-state index contributed by atoms with van der Waals surface area (Å²) in [6.07, 6.45) is -0.585. The van der Waals surface area contributed by atoms with Crippen LogP contribution in [-0.4, -0.2) is 48.2 Å². The fourth-order valence-corrected chi connectivity index (χ4v) is 2.94. The van der Waals surface area contributed by atoms with Crippen molar-refractivity contribution in [3.8, 4) is 0 Å². The van der Waals surface area contributed by atoms with Crippen molar-refractivity contribution in [1.82, 2.24) is 9.80 Å². The van der Waals surface area contributed by atoms with Crippen LogP contribution in [0.5, 0.6) is 0 Å². The molecule has 136 valence electrons. The Balaban J connectivity index is 1.88. The Morgan fingerprint density at radius 1 is 1.00 bits per heavy atom. The first kappa shape index (κ1) is 19.5. The van der Waals surface area contributed by atoms with Gasteiger partial charge in [-0.25, -0.2) is 8.78 Å². The highest BCUT2D eigenvalue weighted by molar-refractivity contribution is 5.22. The second-order valence-corrected chi connectivity index (χ2v) is 6.62. The maximum absolute atomic E-state index is 13.9. The van der Waals surface area contributed by atoms with Crippen molar-refractivity contribution in [2.75, 3.05) is 27.2 Å². The first-order chi connectivity index (χ1) is 11.9. The van der Waals surface area contributed by atoms with Crippen LogP contribution < -0.4 is 0 Å². The molecule has 3 nitrogen and oxygen atoms in total. The molecule has 0 saturated heterocycles. The zero-order chi connectivity index (χ0) is 18.4.